The van der Waals surface area contributed by atoms with Crippen molar-refractivity contribution in [3.8, 4) is 0 Å². The van der Waals surface area contributed by atoms with Crippen molar-refractivity contribution >= 4 is 28.3 Å². The first-order valence-electron chi connectivity index (χ1n) is 4.43. The van der Waals surface area contributed by atoms with E-state index in [9.17, 15) is 13.4 Å². The van der Waals surface area contributed by atoms with Gasteiger partial charge in [0.25, 0.3) is 0 Å². The maximum atomic E-state index is 12.6. The molecule has 1 unspecified atom stereocenters. The van der Waals surface area contributed by atoms with Crippen molar-refractivity contribution in [3.63, 3.8) is 0 Å². The number of hydrogen-bond acceptors (Lipinski definition) is 3. The molecule has 1 aromatic rings. The lowest BCUT2D eigenvalue weighted by molar-refractivity contribution is 0.104. The largest absolute Gasteiger partial charge is 0.289 e. The zero-order valence-corrected chi connectivity index (χ0v) is 10.5. The van der Waals surface area contributed by atoms with Gasteiger partial charge in [0, 0.05) is 17.9 Å². The molecule has 0 saturated carbocycles. The smallest absolute Gasteiger partial charge is 0.187 e. The lowest BCUT2D eigenvalue weighted by Gasteiger charge is -1.99. The molecule has 0 spiro atoms. The first-order valence-corrected chi connectivity index (χ1v) is 7.22. The number of hydrogen-bond donors (Lipinski definition) is 0. The van der Waals surface area contributed by atoms with Crippen molar-refractivity contribution in [3.05, 3.63) is 46.0 Å². The highest BCUT2D eigenvalue weighted by Crippen LogP contribution is 2.16. The number of halogens is 1. The molecule has 0 N–H and O–H groups in total. The fourth-order valence-corrected chi connectivity index (χ4v) is 2.50. The summed E-state index contributed by atoms with van der Waals surface area (Å²) >= 11 is 1.27. The highest BCUT2D eigenvalue weighted by molar-refractivity contribution is 8.15. The number of benzene rings is 1. The summed E-state index contributed by atoms with van der Waals surface area (Å²) in [5.41, 5.74) is 0.387. The number of ketones is 1. The molecule has 0 aliphatic heterocycles. The third-order valence-corrected chi connectivity index (χ3v) is 4.27. The third-order valence-electron chi connectivity index (χ3n) is 1.86. The van der Waals surface area contributed by atoms with E-state index in [1.165, 1.54) is 48.4 Å². The van der Waals surface area contributed by atoms with E-state index in [1.54, 1.807) is 6.26 Å². The number of thioether (sulfide) groups is 1. The minimum Gasteiger partial charge on any atom is -0.289 e. The maximum absolute atomic E-state index is 12.6. The highest BCUT2D eigenvalue weighted by Gasteiger charge is 2.07. The molecule has 0 saturated heterocycles. The van der Waals surface area contributed by atoms with E-state index < -0.39 is 10.8 Å². The van der Waals surface area contributed by atoms with Gasteiger partial charge in [0.2, 0.25) is 0 Å². The Labute approximate surface area is 100 Å². The molecule has 1 aromatic carbocycles. The lowest BCUT2D eigenvalue weighted by Crippen LogP contribution is -1.98. The van der Waals surface area contributed by atoms with E-state index in [-0.39, 0.29) is 11.6 Å². The number of carbonyl (C=O) groups is 1. The molecule has 1 atom stereocenters. The maximum Gasteiger partial charge on any atom is 0.187 e. The van der Waals surface area contributed by atoms with Crippen LogP contribution >= 0.6 is 11.8 Å². The molecule has 1 rings (SSSR count). The molecule has 0 fully saturated rings. The van der Waals surface area contributed by atoms with Crippen LogP contribution in [-0.4, -0.2) is 22.5 Å². The van der Waals surface area contributed by atoms with Crippen LogP contribution in [0.1, 0.15) is 10.4 Å². The zero-order valence-electron chi connectivity index (χ0n) is 8.90. The Morgan fingerprint density at radius 2 is 1.94 bits per heavy atom. The molecule has 0 amide bonds. The number of allylic oxidation sites excluding steroid dienone is 1. The minimum absolute atomic E-state index is 0.264. The molecule has 0 heterocycles. The van der Waals surface area contributed by atoms with Crippen molar-refractivity contribution in [2.75, 3.05) is 12.5 Å². The summed E-state index contributed by atoms with van der Waals surface area (Å²) in [6, 6.07) is 5.26. The summed E-state index contributed by atoms with van der Waals surface area (Å²) in [6.07, 6.45) is 4.60. The van der Waals surface area contributed by atoms with Gasteiger partial charge in [-0.15, -0.1) is 11.8 Å². The van der Waals surface area contributed by atoms with Crippen LogP contribution in [0.2, 0.25) is 0 Å². The van der Waals surface area contributed by atoms with Crippen LogP contribution in [0.4, 0.5) is 4.39 Å². The SMILES string of the molecule is CS/C(=C\C(=O)c1ccc(F)cc1)S(C)=O. The zero-order chi connectivity index (χ0) is 12.1. The van der Waals surface area contributed by atoms with Crippen molar-refractivity contribution in [1.29, 1.82) is 0 Å². The Balaban J connectivity index is 2.94. The van der Waals surface area contributed by atoms with E-state index >= 15 is 0 Å². The van der Waals surface area contributed by atoms with Gasteiger partial charge < -0.3 is 0 Å². The van der Waals surface area contributed by atoms with Crippen LogP contribution in [0.5, 0.6) is 0 Å². The van der Waals surface area contributed by atoms with Crippen LogP contribution in [0.15, 0.2) is 34.6 Å². The molecule has 0 aliphatic rings. The number of carbonyl (C=O) groups excluding carboxylic acids is 1. The Kier molecular flexibility index (Phi) is 4.89. The van der Waals surface area contributed by atoms with Gasteiger partial charge in [0.1, 0.15) is 5.82 Å². The van der Waals surface area contributed by atoms with Crippen LogP contribution < -0.4 is 0 Å². The fourth-order valence-electron chi connectivity index (χ4n) is 1.06. The van der Waals surface area contributed by atoms with Crippen molar-refractivity contribution in [2.24, 2.45) is 0 Å². The predicted molar refractivity (Wildman–Crippen MR) is 66.4 cm³/mol. The molecule has 5 heteroatoms. The monoisotopic (exact) mass is 258 g/mol. The average Bonchev–Trinajstić information content (AvgIpc) is 2.26. The topological polar surface area (TPSA) is 34.1 Å². The predicted octanol–water partition coefficient (Wildman–Crippen LogP) is 2.59. The molecule has 0 radical (unpaired) electrons. The average molecular weight is 258 g/mol. The summed E-state index contributed by atoms with van der Waals surface area (Å²) in [6.45, 7) is 0. The Hall–Kier alpha value is -0.940. The van der Waals surface area contributed by atoms with Gasteiger partial charge in [0.05, 0.1) is 15.0 Å². The quantitative estimate of drug-likeness (QED) is 0.615. The van der Waals surface area contributed by atoms with E-state index in [0.717, 1.165) is 0 Å². The summed E-state index contributed by atoms with van der Waals surface area (Å²) in [5.74, 6) is -0.649. The fraction of sp³-hybridized carbons (Fsp3) is 0.182. The van der Waals surface area contributed by atoms with Crippen molar-refractivity contribution < 1.29 is 13.4 Å². The first kappa shape index (κ1) is 13.1. The summed E-state index contributed by atoms with van der Waals surface area (Å²) in [4.78, 5) is 11.7. The Morgan fingerprint density at radius 3 is 2.38 bits per heavy atom. The second-order valence-corrected chi connectivity index (χ2v) is 5.45. The van der Waals surface area contributed by atoms with E-state index in [4.69, 9.17) is 0 Å². The standard InChI is InChI=1S/C11H11FO2S2/c1-15-11(16(2)14)7-10(13)8-3-5-9(12)6-4-8/h3-7H,1-2H3/b11-7+. The molecular formula is C11H11FO2S2. The molecule has 0 aliphatic carbocycles. The summed E-state index contributed by atoms with van der Waals surface area (Å²) in [7, 11) is -1.17. The normalized spacial score (nSPS) is 13.6. The summed E-state index contributed by atoms with van der Waals surface area (Å²) < 4.78 is 24.3. The Bertz CT molecular complexity index is 438. The lowest BCUT2D eigenvalue weighted by atomic mass is 10.1. The molecule has 16 heavy (non-hydrogen) atoms. The summed E-state index contributed by atoms with van der Waals surface area (Å²) in [5, 5.41) is 0. The van der Waals surface area contributed by atoms with Crippen molar-refractivity contribution in [1.82, 2.24) is 0 Å². The van der Waals surface area contributed by atoms with Gasteiger partial charge in [-0.2, -0.15) is 0 Å². The van der Waals surface area contributed by atoms with Gasteiger partial charge >= 0.3 is 0 Å². The molecule has 86 valence electrons. The van der Waals surface area contributed by atoms with Crippen molar-refractivity contribution in [2.45, 2.75) is 0 Å². The first-order chi connectivity index (χ1) is 7.54. The van der Waals surface area contributed by atoms with Crippen LogP contribution in [-0.2, 0) is 10.8 Å². The van der Waals surface area contributed by atoms with Crippen LogP contribution in [0.3, 0.4) is 0 Å². The minimum atomic E-state index is -1.17. The Morgan fingerprint density at radius 1 is 1.38 bits per heavy atom. The second kappa shape index (κ2) is 5.96. The van der Waals surface area contributed by atoms with E-state index in [0.29, 0.717) is 9.80 Å². The van der Waals surface area contributed by atoms with Gasteiger partial charge in [-0.25, -0.2) is 4.39 Å². The molecule has 2 nitrogen and oxygen atoms in total. The highest BCUT2D eigenvalue weighted by atomic mass is 32.2. The van der Waals surface area contributed by atoms with Crippen LogP contribution in [0.25, 0.3) is 0 Å². The second-order valence-electron chi connectivity index (χ2n) is 2.99. The van der Waals surface area contributed by atoms with Gasteiger partial charge in [-0.05, 0) is 30.5 Å². The molecular weight excluding hydrogens is 247 g/mol. The van der Waals surface area contributed by atoms with Crippen LogP contribution in [0, 0.1) is 5.82 Å². The third kappa shape index (κ3) is 3.57. The van der Waals surface area contributed by atoms with Gasteiger partial charge in [-0.1, -0.05) is 0 Å². The van der Waals surface area contributed by atoms with Gasteiger partial charge in [-0.3, -0.25) is 9.00 Å². The van der Waals surface area contributed by atoms with E-state index in [1.807, 2.05) is 0 Å². The number of rotatable bonds is 4. The van der Waals surface area contributed by atoms with Gasteiger partial charge in [0.15, 0.2) is 5.78 Å². The molecule has 0 aromatic heterocycles. The van der Waals surface area contributed by atoms with E-state index in [2.05, 4.69) is 0 Å². The molecule has 0 bridgehead atoms.